The van der Waals surface area contributed by atoms with Crippen LogP contribution < -0.4 is 9.80 Å². The Morgan fingerprint density at radius 2 is 1.47 bits per heavy atom. The summed E-state index contributed by atoms with van der Waals surface area (Å²) >= 11 is 6.24. The molecule has 164 valence electrons. The van der Waals surface area contributed by atoms with Gasteiger partial charge in [0.05, 0.1) is 26.2 Å². The Hall–Kier alpha value is -1.71. The summed E-state index contributed by atoms with van der Waals surface area (Å²) in [5.74, 6) is 0.468. The molecule has 2 aromatic rings. The van der Waals surface area contributed by atoms with Crippen LogP contribution in [-0.4, -0.2) is 31.3 Å². The van der Waals surface area contributed by atoms with E-state index in [4.69, 9.17) is 11.6 Å². The molecular weight excluding hydrogens is 392 g/mol. The van der Waals surface area contributed by atoms with Gasteiger partial charge in [-0.3, -0.25) is 0 Å². The molecule has 1 aliphatic heterocycles. The molecule has 3 nitrogen and oxygen atoms in total. The highest BCUT2D eigenvalue weighted by atomic mass is 35.5. The van der Waals surface area contributed by atoms with Crippen LogP contribution in [0.3, 0.4) is 0 Å². The summed E-state index contributed by atoms with van der Waals surface area (Å²) in [6, 6.07) is 10.6. The van der Waals surface area contributed by atoms with E-state index in [0.29, 0.717) is 5.75 Å². The van der Waals surface area contributed by atoms with Crippen molar-refractivity contribution in [3.63, 3.8) is 0 Å². The molecule has 3 rings (SSSR count). The van der Waals surface area contributed by atoms with Crippen LogP contribution in [0.1, 0.15) is 63.8 Å². The van der Waals surface area contributed by atoms with Gasteiger partial charge >= 0.3 is 0 Å². The van der Waals surface area contributed by atoms with Gasteiger partial charge in [-0.2, -0.15) is 0 Å². The average Bonchev–Trinajstić information content (AvgIpc) is 2.64. The molecule has 4 heteroatoms. The van der Waals surface area contributed by atoms with E-state index in [-0.39, 0.29) is 10.8 Å². The molecule has 30 heavy (non-hydrogen) atoms. The van der Waals surface area contributed by atoms with Crippen LogP contribution in [0.25, 0.3) is 0 Å². The average molecular weight is 430 g/mol. The first-order valence-electron chi connectivity index (χ1n) is 11.1. The first-order valence-corrected chi connectivity index (χ1v) is 11.5. The lowest BCUT2D eigenvalue weighted by Gasteiger charge is -2.35. The van der Waals surface area contributed by atoms with Crippen molar-refractivity contribution >= 4 is 17.3 Å². The number of phenols is 1. The molecule has 1 aliphatic rings. The van der Waals surface area contributed by atoms with Crippen molar-refractivity contribution in [2.45, 2.75) is 65.8 Å². The normalized spacial score (nSPS) is 16.2. The Bertz CT molecular complexity index is 865. The molecule has 2 N–H and O–H groups in total. The summed E-state index contributed by atoms with van der Waals surface area (Å²) in [7, 11) is 0. The van der Waals surface area contributed by atoms with Crippen LogP contribution in [0.4, 0.5) is 5.69 Å². The molecule has 1 saturated heterocycles. The van der Waals surface area contributed by atoms with Gasteiger partial charge in [0, 0.05) is 27.4 Å². The number of hydrogen-bond donors (Lipinski definition) is 2. The monoisotopic (exact) mass is 429 g/mol. The van der Waals surface area contributed by atoms with Crippen molar-refractivity contribution in [3.05, 3.63) is 57.6 Å². The lowest BCUT2D eigenvalue weighted by atomic mass is 9.78. The van der Waals surface area contributed by atoms with E-state index in [0.717, 1.165) is 48.9 Å². The zero-order valence-electron chi connectivity index (χ0n) is 19.7. The Balaban J connectivity index is 1.78. The number of piperazine rings is 1. The molecule has 0 amide bonds. The van der Waals surface area contributed by atoms with Crippen LogP contribution in [0.2, 0.25) is 5.02 Å². The molecule has 1 heterocycles. The molecule has 1 fully saturated rings. The van der Waals surface area contributed by atoms with Gasteiger partial charge in [0.1, 0.15) is 12.3 Å². The van der Waals surface area contributed by atoms with Crippen molar-refractivity contribution in [2.75, 3.05) is 31.1 Å². The SMILES string of the molecule is Cc1ccc(Cl)cc1N1CC[NH+](Cc2cc(C(C)(C)C)c(O)c(C(C)(C)C)c2)CC1. The van der Waals surface area contributed by atoms with Gasteiger partial charge in [-0.05, 0) is 47.6 Å². The molecule has 0 radical (unpaired) electrons. The van der Waals surface area contributed by atoms with Crippen molar-refractivity contribution in [1.29, 1.82) is 0 Å². The van der Waals surface area contributed by atoms with Gasteiger partial charge in [-0.1, -0.05) is 59.2 Å². The molecule has 0 unspecified atom stereocenters. The van der Waals surface area contributed by atoms with Crippen molar-refractivity contribution in [3.8, 4) is 5.75 Å². The molecular formula is C26H38ClN2O+. The number of anilines is 1. The van der Waals surface area contributed by atoms with Crippen molar-refractivity contribution in [1.82, 2.24) is 0 Å². The van der Waals surface area contributed by atoms with Crippen molar-refractivity contribution < 1.29 is 10.0 Å². The second-order valence-electron chi connectivity index (χ2n) is 10.9. The summed E-state index contributed by atoms with van der Waals surface area (Å²) < 4.78 is 0. The van der Waals surface area contributed by atoms with E-state index < -0.39 is 0 Å². The zero-order chi connectivity index (χ0) is 22.3. The zero-order valence-corrected chi connectivity index (χ0v) is 20.5. The minimum absolute atomic E-state index is 0.0851. The highest BCUT2D eigenvalue weighted by molar-refractivity contribution is 6.30. The summed E-state index contributed by atoms with van der Waals surface area (Å²) in [5.41, 5.74) is 5.80. The van der Waals surface area contributed by atoms with Gasteiger partial charge in [-0.25, -0.2) is 0 Å². The first kappa shape index (κ1) is 23.0. The van der Waals surface area contributed by atoms with E-state index >= 15 is 0 Å². The van der Waals surface area contributed by atoms with Crippen LogP contribution in [-0.2, 0) is 17.4 Å². The Labute approximate surface area is 187 Å². The molecule has 0 atom stereocenters. The Morgan fingerprint density at radius 3 is 1.97 bits per heavy atom. The topological polar surface area (TPSA) is 27.9 Å². The standard InChI is InChI=1S/C26H37ClN2O/c1-18-8-9-20(27)16-23(18)29-12-10-28(11-13-29)17-19-14-21(25(2,3)4)24(30)22(15-19)26(5,6)7/h8-9,14-16,30H,10-13,17H2,1-7H3/p+1. The van der Waals surface area contributed by atoms with Crippen LogP contribution in [0.5, 0.6) is 5.75 Å². The minimum atomic E-state index is -0.0851. The maximum absolute atomic E-state index is 11.0. The molecule has 0 spiro atoms. The number of nitrogens with zero attached hydrogens (tertiary/aromatic N) is 1. The fourth-order valence-electron chi connectivity index (χ4n) is 4.39. The van der Waals surface area contributed by atoms with Gasteiger partial charge in [0.2, 0.25) is 0 Å². The lowest BCUT2D eigenvalue weighted by Crippen LogP contribution is -3.13. The predicted octanol–water partition coefficient (Wildman–Crippen LogP) is 4.85. The lowest BCUT2D eigenvalue weighted by molar-refractivity contribution is -0.914. The van der Waals surface area contributed by atoms with Gasteiger partial charge in [0.25, 0.3) is 0 Å². The Morgan fingerprint density at radius 1 is 0.933 bits per heavy atom. The number of aryl methyl sites for hydroxylation is 1. The Kier molecular flexibility index (Phi) is 6.46. The molecule has 0 bridgehead atoms. The summed E-state index contributed by atoms with van der Waals surface area (Å²) in [6.07, 6.45) is 0. The number of hydrogen-bond acceptors (Lipinski definition) is 2. The van der Waals surface area contributed by atoms with Gasteiger partial charge in [-0.15, -0.1) is 0 Å². The van der Waals surface area contributed by atoms with Crippen molar-refractivity contribution in [2.24, 2.45) is 0 Å². The quantitative estimate of drug-likeness (QED) is 0.729. The smallest absolute Gasteiger partial charge is 0.123 e. The fraction of sp³-hybridized carbons (Fsp3) is 0.538. The largest absolute Gasteiger partial charge is 0.507 e. The summed E-state index contributed by atoms with van der Waals surface area (Å²) in [6.45, 7) is 20.5. The summed E-state index contributed by atoms with van der Waals surface area (Å²) in [4.78, 5) is 4.05. The molecule has 2 aromatic carbocycles. The molecule has 0 saturated carbocycles. The highest BCUT2D eigenvalue weighted by Gasteiger charge is 2.28. The van der Waals surface area contributed by atoms with E-state index in [1.807, 2.05) is 6.07 Å². The number of benzene rings is 2. The minimum Gasteiger partial charge on any atom is -0.507 e. The number of phenolic OH excluding ortho intramolecular Hbond substituents is 1. The van der Waals surface area contributed by atoms with Crippen LogP contribution >= 0.6 is 11.6 Å². The van der Waals surface area contributed by atoms with E-state index in [2.05, 4.69) is 77.6 Å². The molecule has 0 aliphatic carbocycles. The number of halogens is 1. The maximum atomic E-state index is 11.0. The third-order valence-electron chi connectivity index (χ3n) is 6.22. The van der Waals surface area contributed by atoms with Gasteiger partial charge < -0.3 is 14.9 Å². The maximum Gasteiger partial charge on any atom is 0.123 e. The molecule has 0 aromatic heterocycles. The number of rotatable bonds is 3. The summed E-state index contributed by atoms with van der Waals surface area (Å²) in [5, 5.41) is 11.8. The number of quaternary nitrogens is 1. The highest BCUT2D eigenvalue weighted by Crippen LogP contribution is 2.39. The van der Waals surface area contributed by atoms with E-state index in [1.165, 1.54) is 16.8 Å². The van der Waals surface area contributed by atoms with Gasteiger partial charge in [0.15, 0.2) is 0 Å². The second kappa shape index (κ2) is 8.43. The van der Waals surface area contributed by atoms with Crippen LogP contribution in [0.15, 0.2) is 30.3 Å². The predicted molar refractivity (Wildman–Crippen MR) is 128 cm³/mol. The third-order valence-corrected chi connectivity index (χ3v) is 6.46. The van der Waals surface area contributed by atoms with E-state index in [1.54, 1.807) is 4.90 Å². The van der Waals surface area contributed by atoms with E-state index in [9.17, 15) is 5.11 Å². The number of aromatic hydroxyl groups is 1. The fourth-order valence-corrected chi connectivity index (χ4v) is 4.56. The second-order valence-corrected chi connectivity index (χ2v) is 11.3. The first-order chi connectivity index (χ1) is 13.9. The third kappa shape index (κ3) is 5.12. The van der Waals surface area contributed by atoms with Crippen LogP contribution in [0, 0.1) is 6.92 Å². The number of nitrogens with one attached hydrogen (secondary N) is 1.